The minimum Gasteiger partial charge on any atom is -0.370 e. The van der Waals surface area contributed by atoms with Crippen molar-refractivity contribution in [2.24, 2.45) is 10.7 Å². The third-order valence-corrected chi connectivity index (χ3v) is 4.94. The fraction of sp³-hybridized carbons (Fsp3) is 0.300. The van der Waals surface area contributed by atoms with Crippen LogP contribution in [0, 0.1) is 12.7 Å². The number of aryl methyl sites for hydroxylation is 1. The summed E-state index contributed by atoms with van der Waals surface area (Å²) in [6, 6.07) is 8.04. The Hall–Kier alpha value is -2.76. The number of nitrogens with two attached hydrogens (primary N) is 1. The highest BCUT2D eigenvalue weighted by Gasteiger charge is 2.20. The van der Waals surface area contributed by atoms with Gasteiger partial charge in [0.2, 0.25) is 5.95 Å². The van der Waals surface area contributed by atoms with Crippen LogP contribution in [0.25, 0.3) is 5.69 Å². The maximum atomic E-state index is 13.1. The first kappa shape index (κ1) is 21.9. The molecule has 0 unspecified atom stereocenters. The molecule has 3 heterocycles. The molecule has 0 saturated carbocycles. The standard InChI is InChI=1S/C20H23FN8.HI/c1-15-16(14-29(26-15)18-5-3-17(21)4-6-18)13-25-19(22)27-9-11-28(12-10-27)20-23-7-2-8-24-20;/h2-8,14H,9-13H2,1H3,(H2,22,25);1H. The smallest absolute Gasteiger partial charge is 0.225 e. The number of aromatic nitrogens is 4. The summed E-state index contributed by atoms with van der Waals surface area (Å²) >= 11 is 0. The van der Waals surface area contributed by atoms with Crippen LogP contribution in [-0.4, -0.2) is 56.8 Å². The molecular formula is C20H24FIN8. The molecule has 1 fully saturated rings. The largest absolute Gasteiger partial charge is 0.370 e. The molecule has 3 aromatic rings. The second kappa shape index (κ2) is 9.83. The van der Waals surface area contributed by atoms with Gasteiger partial charge < -0.3 is 15.5 Å². The van der Waals surface area contributed by atoms with E-state index >= 15 is 0 Å². The Morgan fingerprint density at radius 2 is 1.77 bits per heavy atom. The van der Waals surface area contributed by atoms with Crippen LogP contribution < -0.4 is 10.6 Å². The predicted octanol–water partition coefficient (Wildman–Crippen LogP) is 2.36. The highest BCUT2D eigenvalue weighted by atomic mass is 127. The van der Waals surface area contributed by atoms with Crippen LogP contribution in [0.15, 0.2) is 53.9 Å². The average Bonchev–Trinajstić information content (AvgIpc) is 3.14. The zero-order valence-corrected chi connectivity index (χ0v) is 19.0. The van der Waals surface area contributed by atoms with E-state index in [1.807, 2.05) is 19.2 Å². The Bertz CT molecular complexity index is 982. The molecule has 10 heteroatoms. The van der Waals surface area contributed by atoms with Crippen molar-refractivity contribution >= 4 is 35.9 Å². The Balaban J connectivity index is 0.00000256. The van der Waals surface area contributed by atoms with E-state index in [4.69, 9.17) is 5.73 Å². The van der Waals surface area contributed by atoms with Gasteiger partial charge in [0.15, 0.2) is 5.96 Å². The van der Waals surface area contributed by atoms with Crippen molar-refractivity contribution in [1.29, 1.82) is 0 Å². The van der Waals surface area contributed by atoms with Gasteiger partial charge in [0.1, 0.15) is 5.82 Å². The second-order valence-corrected chi connectivity index (χ2v) is 6.86. The quantitative estimate of drug-likeness (QED) is 0.322. The van der Waals surface area contributed by atoms with Crippen molar-refractivity contribution in [2.45, 2.75) is 13.5 Å². The fourth-order valence-electron chi connectivity index (χ4n) is 3.23. The van der Waals surface area contributed by atoms with Crippen molar-refractivity contribution in [3.63, 3.8) is 0 Å². The lowest BCUT2D eigenvalue weighted by atomic mass is 10.2. The van der Waals surface area contributed by atoms with Gasteiger partial charge in [-0.3, -0.25) is 0 Å². The van der Waals surface area contributed by atoms with E-state index in [-0.39, 0.29) is 29.8 Å². The molecule has 1 aliphatic rings. The van der Waals surface area contributed by atoms with Crippen LogP contribution in [0.2, 0.25) is 0 Å². The van der Waals surface area contributed by atoms with Crippen LogP contribution in [0.1, 0.15) is 11.3 Å². The maximum Gasteiger partial charge on any atom is 0.225 e. The molecule has 0 aliphatic carbocycles. The summed E-state index contributed by atoms with van der Waals surface area (Å²) < 4.78 is 14.8. The number of rotatable bonds is 4. The lowest BCUT2D eigenvalue weighted by Crippen LogP contribution is -2.51. The minimum atomic E-state index is -0.269. The molecule has 0 radical (unpaired) electrons. The molecule has 158 valence electrons. The summed E-state index contributed by atoms with van der Waals surface area (Å²) in [7, 11) is 0. The lowest BCUT2D eigenvalue weighted by Gasteiger charge is -2.35. The number of piperazine rings is 1. The normalized spacial score (nSPS) is 14.5. The fourth-order valence-corrected chi connectivity index (χ4v) is 3.23. The number of nitrogens with zero attached hydrogens (tertiary/aromatic N) is 7. The van der Waals surface area contributed by atoms with E-state index in [0.29, 0.717) is 12.5 Å². The first-order chi connectivity index (χ1) is 14.1. The lowest BCUT2D eigenvalue weighted by molar-refractivity contribution is 0.378. The molecule has 2 N–H and O–H groups in total. The van der Waals surface area contributed by atoms with Gasteiger partial charge >= 0.3 is 0 Å². The SMILES string of the molecule is Cc1nn(-c2ccc(F)cc2)cc1CN=C(N)N1CCN(c2ncccn2)CC1.I. The molecule has 8 nitrogen and oxygen atoms in total. The molecule has 1 saturated heterocycles. The number of halogens is 2. The van der Waals surface area contributed by atoms with Crippen LogP contribution in [0.4, 0.5) is 10.3 Å². The Morgan fingerprint density at radius 3 is 2.43 bits per heavy atom. The minimum absolute atomic E-state index is 0. The van der Waals surface area contributed by atoms with Gasteiger partial charge in [-0.25, -0.2) is 24.0 Å². The molecule has 1 aliphatic heterocycles. The summed E-state index contributed by atoms with van der Waals surface area (Å²) in [5.74, 6) is 0.994. The van der Waals surface area contributed by atoms with Crippen LogP contribution >= 0.6 is 24.0 Å². The number of anilines is 1. The predicted molar refractivity (Wildman–Crippen MR) is 125 cm³/mol. The number of guanidine groups is 1. The summed E-state index contributed by atoms with van der Waals surface area (Å²) in [6.07, 6.45) is 5.40. The van der Waals surface area contributed by atoms with E-state index in [9.17, 15) is 4.39 Å². The maximum absolute atomic E-state index is 13.1. The highest BCUT2D eigenvalue weighted by Crippen LogP contribution is 2.14. The van der Waals surface area contributed by atoms with Crippen LogP contribution in [0.3, 0.4) is 0 Å². The van der Waals surface area contributed by atoms with Gasteiger partial charge in [0.05, 0.1) is 17.9 Å². The summed E-state index contributed by atoms with van der Waals surface area (Å²) in [6.45, 7) is 5.49. The molecule has 4 rings (SSSR count). The van der Waals surface area contributed by atoms with Crippen LogP contribution in [-0.2, 0) is 6.54 Å². The van der Waals surface area contributed by atoms with Crippen molar-refractivity contribution in [1.82, 2.24) is 24.6 Å². The third kappa shape index (κ3) is 5.04. The number of hydrogen-bond acceptors (Lipinski definition) is 5. The van der Waals surface area contributed by atoms with Crippen molar-refractivity contribution in [2.75, 3.05) is 31.1 Å². The van der Waals surface area contributed by atoms with Gasteiger partial charge in [0.25, 0.3) is 0 Å². The molecule has 0 amide bonds. The number of benzene rings is 1. The van der Waals surface area contributed by atoms with E-state index in [0.717, 1.165) is 49.1 Å². The molecule has 0 bridgehead atoms. The first-order valence-electron chi connectivity index (χ1n) is 9.48. The third-order valence-electron chi connectivity index (χ3n) is 4.94. The zero-order chi connectivity index (χ0) is 20.2. The van der Waals surface area contributed by atoms with Crippen LogP contribution in [0.5, 0.6) is 0 Å². The van der Waals surface area contributed by atoms with E-state index < -0.39 is 0 Å². The van der Waals surface area contributed by atoms with Gasteiger partial charge in [-0.05, 0) is 37.3 Å². The molecule has 30 heavy (non-hydrogen) atoms. The topological polar surface area (TPSA) is 88.5 Å². The van der Waals surface area contributed by atoms with Crippen molar-refractivity contribution < 1.29 is 4.39 Å². The molecule has 0 spiro atoms. The Labute approximate surface area is 191 Å². The van der Waals surface area contributed by atoms with Gasteiger partial charge in [-0.2, -0.15) is 5.10 Å². The van der Waals surface area contributed by atoms with Gasteiger partial charge in [0, 0.05) is 50.3 Å². The first-order valence-corrected chi connectivity index (χ1v) is 9.48. The molecule has 0 atom stereocenters. The van der Waals surface area contributed by atoms with E-state index in [1.54, 1.807) is 29.2 Å². The summed E-state index contributed by atoms with van der Waals surface area (Å²) in [5.41, 5.74) is 8.88. The summed E-state index contributed by atoms with van der Waals surface area (Å²) in [4.78, 5) is 17.4. The Morgan fingerprint density at radius 1 is 1.10 bits per heavy atom. The van der Waals surface area contributed by atoms with Crippen molar-refractivity contribution in [3.8, 4) is 5.69 Å². The summed E-state index contributed by atoms with van der Waals surface area (Å²) in [5, 5.41) is 4.49. The monoisotopic (exact) mass is 522 g/mol. The Kier molecular flexibility index (Phi) is 7.19. The van der Waals surface area contributed by atoms with Gasteiger partial charge in [-0.1, -0.05) is 0 Å². The van der Waals surface area contributed by atoms with Crippen molar-refractivity contribution in [3.05, 3.63) is 66.0 Å². The second-order valence-electron chi connectivity index (χ2n) is 6.86. The average molecular weight is 522 g/mol. The van der Waals surface area contributed by atoms with E-state index in [1.165, 1.54) is 12.1 Å². The van der Waals surface area contributed by atoms with Gasteiger partial charge in [-0.15, -0.1) is 24.0 Å². The molecule has 2 aromatic heterocycles. The number of aliphatic imine (C=N–C) groups is 1. The number of hydrogen-bond donors (Lipinski definition) is 1. The molecular weight excluding hydrogens is 498 g/mol. The van der Waals surface area contributed by atoms with E-state index in [2.05, 4.69) is 29.9 Å². The molecule has 1 aromatic carbocycles. The highest BCUT2D eigenvalue weighted by molar-refractivity contribution is 14.0. The zero-order valence-electron chi connectivity index (χ0n) is 16.6.